The van der Waals surface area contributed by atoms with Gasteiger partial charge in [-0.2, -0.15) is 4.98 Å². The van der Waals surface area contributed by atoms with Crippen LogP contribution in [0.3, 0.4) is 0 Å². The third-order valence-corrected chi connectivity index (χ3v) is 4.13. The van der Waals surface area contributed by atoms with Crippen molar-refractivity contribution in [2.24, 2.45) is 0 Å². The van der Waals surface area contributed by atoms with Crippen LogP contribution < -0.4 is 0 Å². The summed E-state index contributed by atoms with van der Waals surface area (Å²) in [6, 6.07) is 9.46. The van der Waals surface area contributed by atoms with Gasteiger partial charge in [0.1, 0.15) is 0 Å². The molecule has 0 aliphatic heterocycles. The van der Waals surface area contributed by atoms with E-state index in [-0.39, 0.29) is 24.9 Å². The van der Waals surface area contributed by atoms with Crippen molar-refractivity contribution in [3.63, 3.8) is 0 Å². The van der Waals surface area contributed by atoms with Crippen LogP contribution in [0, 0.1) is 0 Å². The van der Waals surface area contributed by atoms with Crippen molar-refractivity contribution in [1.29, 1.82) is 0 Å². The van der Waals surface area contributed by atoms with Crippen molar-refractivity contribution < 1.29 is 14.1 Å². The van der Waals surface area contributed by atoms with Crippen molar-refractivity contribution in [2.45, 2.75) is 26.4 Å². The van der Waals surface area contributed by atoms with Gasteiger partial charge in [-0.05, 0) is 6.42 Å². The van der Waals surface area contributed by atoms with Crippen LogP contribution >= 0.6 is 11.3 Å². The summed E-state index contributed by atoms with van der Waals surface area (Å²) in [6.45, 7) is 1.99. The van der Waals surface area contributed by atoms with Gasteiger partial charge in [0.15, 0.2) is 6.61 Å². The lowest BCUT2D eigenvalue weighted by molar-refractivity contribution is -0.144. The molecular formula is C16H15N3O3S. The highest BCUT2D eigenvalue weighted by atomic mass is 32.1. The first-order valence-electron chi connectivity index (χ1n) is 7.21. The molecule has 0 aliphatic carbocycles. The molecule has 0 unspecified atom stereocenters. The van der Waals surface area contributed by atoms with Gasteiger partial charge in [-0.25, -0.2) is 4.98 Å². The molecule has 0 bridgehead atoms. The van der Waals surface area contributed by atoms with E-state index in [1.54, 1.807) is 11.3 Å². The molecular weight excluding hydrogens is 314 g/mol. The normalized spacial score (nSPS) is 10.7. The van der Waals surface area contributed by atoms with Gasteiger partial charge >= 0.3 is 5.97 Å². The topological polar surface area (TPSA) is 78.1 Å². The maximum Gasteiger partial charge on any atom is 0.312 e. The highest BCUT2D eigenvalue weighted by molar-refractivity contribution is 7.09. The molecule has 0 N–H and O–H groups in total. The monoisotopic (exact) mass is 329 g/mol. The van der Waals surface area contributed by atoms with E-state index in [0.717, 1.165) is 22.7 Å². The van der Waals surface area contributed by atoms with Crippen molar-refractivity contribution in [2.75, 3.05) is 0 Å². The Morgan fingerprint density at radius 3 is 2.83 bits per heavy atom. The van der Waals surface area contributed by atoms with Crippen LogP contribution in [-0.4, -0.2) is 21.1 Å². The van der Waals surface area contributed by atoms with E-state index in [4.69, 9.17) is 9.26 Å². The van der Waals surface area contributed by atoms with Gasteiger partial charge in [-0.3, -0.25) is 4.79 Å². The largest absolute Gasteiger partial charge is 0.455 e. The summed E-state index contributed by atoms with van der Waals surface area (Å²) in [4.78, 5) is 20.4. The first-order valence-corrected chi connectivity index (χ1v) is 8.09. The highest BCUT2D eigenvalue weighted by Crippen LogP contribution is 2.15. The molecule has 0 atom stereocenters. The number of hydrogen-bond acceptors (Lipinski definition) is 7. The Bertz CT molecular complexity index is 783. The van der Waals surface area contributed by atoms with E-state index in [2.05, 4.69) is 15.1 Å². The maximum atomic E-state index is 11.8. The van der Waals surface area contributed by atoms with Crippen LogP contribution in [-0.2, 0) is 29.0 Å². The lowest BCUT2D eigenvalue weighted by atomic mass is 10.2. The predicted molar refractivity (Wildman–Crippen MR) is 84.7 cm³/mol. The summed E-state index contributed by atoms with van der Waals surface area (Å²) >= 11 is 1.55. The summed E-state index contributed by atoms with van der Waals surface area (Å²) in [5.74, 6) is 0.380. The van der Waals surface area contributed by atoms with Gasteiger partial charge in [0, 0.05) is 10.9 Å². The molecule has 0 saturated heterocycles. The summed E-state index contributed by atoms with van der Waals surface area (Å²) in [6.07, 6.45) is 1.01. The van der Waals surface area contributed by atoms with E-state index in [1.165, 1.54) is 0 Å². The molecule has 6 nitrogen and oxygen atoms in total. The Hall–Kier alpha value is -2.54. The minimum absolute atomic E-state index is 0.0383. The van der Waals surface area contributed by atoms with Crippen molar-refractivity contribution in [3.8, 4) is 11.4 Å². The smallest absolute Gasteiger partial charge is 0.312 e. The highest BCUT2D eigenvalue weighted by Gasteiger charge is 2.12. The molecule has 2 aromatic heterocycles. The molecule has 0 fully saturated rings. The number of thiazole rings is 1. The molecule has 0 saturated carbocycles. The van der Waals surface area contributed by atoms with Crippen LogP contribution in [0.2, 0.25) is 0 Å². The molecule has 3 rings (SSSR count). The molecule has 1 aromatic carbocycles. The summed E-state index contributed by atoms with van der Waals surface area (Å²) in [5.41, 5.74) is 1.58. The first-order chi connectivity index (χ1) is 11.2. The third-order valence-electron chi connectivity index (χ3n) is 3.08. The first kappa shape index (κ1) is 15.4. The van der Waals surface area contributed by atoms with Gasteiger partial charge in [-0.1, -0.05) is 42.4 Å². The maximum absolute atomic E-state index is 11.8. The number of rotatable bonds is 6. The number of hydrogen-bond donors (Lipinski definition) is 0. The number of benzene rings is 1. The second-order valence-corrected chi connectivity index (χ2v) is 5.74. The summed E-state index contributed by atoms with van der Waals surface area (Å²) in [7, 11) is 0. The SMILES string of the molecule is CCc1nc(CC(=O)OCc2nc(-c3ccccc3)no2)cs1. The average molecular weight is 329 g/mol. The standard InChI is InChI=1S/C16H15N3O3S/c1-2-14-17-12(10-23-14)8-15(20)21-9-13-18-16(19-22-13)11-6-4-3-5-7-11/h3-7,10H,2,8-9H2,1H3. The molecule has 0 amide bonds. The van der Waals surface area contributed by atoms with Crippen LogP contribution in [0.4, 0.5) is 0 Å². The molecule has 0 spiro atoms. The fourth-order valence-corrected chi connectivity index (χ4v) is 2.70. The summed E-state index contributed by atoms with van der Waals surface area (Å²) in [5, 5.41) is 6.76. The zero-order valence-electron chi connectivity index (χ0n) is 12.6. The lowest BCUT2D eigenvalue weighted by Crippen LogP contribution is -2.08. The molecule has 0 radical (unpaired) electrons. The number of carbonyl (C=O) groups excluding carboxylic acids is 1. The number of ether oxygens (including phenoxy) is 1. The molecule has 118 valence electrons. The van der Waals surface area contributed by atoms with Crippen LogP contribution in [0.5, 0.6) is 0 Å². The molecule has 2 heterocycles. The Balaban J connectivity index is 1.54. The number of carbonyl (C=O) groups is 1. The quantitative estimate of drug-likeness (QED) is 0.647. The van der Waals surface area contributed by atoms with Crippen LogP contribution in [0.15, 0.2) is 40.2 Å². The number of nitrogens with zero attached hydrogens (tertiary/aromatic N) is 3. The summed E-state index contributed by atoms with van der Waals surface area (Å²) < 4.78 is 10.2. The lowest BCUT2D eigenvalue weighted by Gasteiger charge is -1.99. The zero-order valence-corrected chi connectivity index (χ0v) is 13.4. The minimum Gasteiger partial charge on any atom is -0.455 e. The molecule has 3 aromatic rings. The van der Waals surface area contributed by atoms with Gasteiger partial charge in [0.2, 0.25) is 5.82 Å². The number of aromatic nitrogens is 3. The molecule has 0 aliphatic rings. The Kier molecular flexibility index (Phi) is 4.77. The van der Waals surface area contributed by atoms with Gasteiger partial charge < -0.3 is 9.26 Å². The number of esters is 1. The third kappa shape index (κ3) is 4.01. The Morgan fingerprint density at radius 1 is 1.26 bits per heavy atom. The van der Waals surface area contributed by atoms with Crippen molar-refractivity contribution in [1.82, 2.24) is 15.1 Å². The van der Waals surface area contributed by atoms with Gasteiger partial charge in [-0.15, -0.1) is 11.3 Å². The van der Waals surface area contributed by atoms with Crippen molar-refractivity contribution >= 4 is 17.3 Å². The average Bonchev–Trinajstić information content (AvgIpc) is 3.23. The Morgan fingerprint density at radius 2 is 2.09 bits per heavy atom. The predicted octanol–water partition coefficient (Wildman–Crippen LogP) is 3.04. The number of aryl methyl sites for hydroxylation is 1. The van der Waals surface area contributed by atoms with Crippen molar-refractivity contribution in [3.05, 3.63) is 52.3 Å². The fourth-order valence-electron chi connectivity index (χ4n) is 1.95. The van der Waals surface area contributed by atoms with E-state index >= 15 is 0 Å². The van der Waals surface area contributed by atoms with E-state index in [0.29, 0.717) is 5.82 Å². The second-order valence-electron chi connectivity index (χ2n) is 4.80. The van der Waals surface area contributed by atoms with E-state index < -0.39 is 0 Å². The molecule has 23 heavy (non-hydrogen) atoms. The van der Waals surface area contributed by atoms with Crippen LogP contribution in [0.25, 0.3) is 11.4 Å². The van der Waals surface area contributed by atoms with Gasteiger partial charge in [0.25, 0.3) is 5.89 Å². The van der Waals surface area contributed by atoms with E-state index in [1.807, 2.05) is 42.6 Å². The Labute approximate surface area is 137 Å². The van der Waals surface area contributed by atoms with E-state index in [9.17, 15) is 4.79 Å². The minimum atomic E-state index is -0.364. The van der Waals surface area contributed by atoms with Gasteiger partial charge in [0.05, 0.1) is 17.1 Å². The zero-order chi connectivity index (χ0) is 16.1. The molecule has 7 heteroatoms. The second kappa shape index (κ2) is 7.15. The fraction of sp³-hybridized carbons (Fsp3) is 0.250. The van der Waals surface area contributed by atoms with Crippen LogP contribution in [0.1, 0.15) is 23.5 Å².